The van der Waals surface area contributed by atoms with Gasteiger partial charge in [0, 0.05) is 0 Å². The summed E-state index contributed by atoms with van der Waals surface area (Å²) in [5.74, 6) is 0. The third kappa shape index (κ3) is 1.37. The SMILES string of the molecule is CN1C(F)(F)N(C(F)(F)F)C(F)(F)C1(F)F. The second kappa shape index (κ2) is 2.94. The van der Waals surface area contributed by atoms with E-state index in [9.17, 15) is 39.5 Å². The monoisotopic (exact) mass is 262 g/mol. The van der Waals surface area contributed by atoms with Crippen LogP contribution < -0.4 is 0 Å². The maximum atomic E-state index is 12.7. The molecule has 0 atom stereocenters. The number of alkyl halides is 9. The van der Waals surface area contributed by atoms with Crippen LogP contribution >= 0.6 is 0 Å². The molecule has 0 aliphatic carbocycles. The van der Waals surface area contributed by atoms with Crippen LogP contribution in [0, 0.1) is 0 Å². The molecule has 0 saturated carbocycles. The minimum absolute atomic E-state index is 0.236. The van der Waals surface area contributed by atoms with Crippen LogP contribution in [0.25, 0.3) is 0 Å². The predicted molar refractivity (Wildman–Crippen MR) is 30.5 cm³/mol. The number of hydrogen-bond donors (Lipinski definition) is 0. The van der Waals surface area contributed by atoms with Gasteiger partial charge in [-0.3, -0.25) is 0 Å². The van der Waals surface area contributed by atoms with Crippen LogP contribution in [0.4, 0.5) is 39.5 Å². The van der Waals surface area contributed by atoms with Gasteiger partial charge < -0.3 is 0 Å². The van der Waals surface area contributed by atoms with Crippen molar-refractivity contribution in [1.29, 1.82) is 0 Å². The lowest BCUT2D eigenvalue weighted by molar-refractivity contribution is -0.400. The first-order chi connectivity index (χ1) is 6.77. The fourth-order valence-electron chi connectivity index (χ4n) is 1.14. The lowest BCUT2D eigenvalue weighted by Gasteiger charge is -2.28. The van der Waals surface area contributed by atoms with E-state index in [-0.39, 0.29) is 7.05 Å². The van der Waals surface area contributed by atoms with Gasteiger partial charge in [0.15, 0.2) is 0 Å². The smallest absolute Gasteiger partial charge is 0.179 e. The molecular formula is C5H3F9N2. The molecule has 11 heteroatoms. The van der Waals surface area contributed by atoms with Crippen LogP contribution in [0.1, 0.15) is 0 Å². The van der Waals surface area contributed by atoms with Gasteiger partial charge in [0.05, 0.1) is 0 Å². The second-order valence-corrected chi connectivity index (χ2v) is 2.95. The Kier molecular flexibility index (Phi) is 2.46. The molecule has 0 aromatic heterocycles. The second-order valence-electron chi connectivity index (χ2n) is 2.95. The van der Waals surface area contributed by atoms with E-state index in [1.807, 2.05) is 0 Å². The summed E-state index contributed by atoms with van der Waals surface area (Å²) in [5.41, 5.74) is 0. The first kappa shape index (κ1) is 13.4. The fraction of sp³-hybridized carbons (Fsp3) is 1.00. The molecule has 0 aromatic rings. The molecule has 0 unspecified atom stereocenters. The topological polar surface area (TPSA) is 6.48 Å². The van der Waals surface area contributed by atoms with E-state index >= 15 is 0 Å². The van der Waals surface area contributed by atoms with Crippen molar-refractivity contribution >= 4 is 0 Å². The lowest BCUT2D eigenvalue weighted by atomic mass is 10.4. The third-order valence-corrected chi connectivity index (χ3v) is 1.99. The summed E-state index contributed by atoms with van der Waals surface area (Å²) in [4.78, 5) is -4.40. The van der Waals surface area contributed by atoms with E-state index in [4.69, 9.17) is 0 Å². The molecule has 0 amide bonds. The van der Waals surface area contributed by atoms with E-state index < -0.39 is 34.4 Å². The van der Waals surface area contributed by atoms with Crippen LogP contribution in [0.2, 0.25) is 0 Å². The molecule has 1 saturated heterocycles. The van der Waals surface area contributed by atoms with Crippen molar-refractivity contribution in [3.05, 3.63) is 0 Å². The van der Waals surface area contributed by atoms with Crippen molar-refractivity contribution in [3.63, 3.8) is 0 Å². The molecule has 1 fully saturated rings. The molecule has 16 heavy (non-hydrogen) atoms. The highest BCUT2D eigenvalue weighted by Crippen LogP contribution is 2.57. The Bertz CT molecular complexity index is 295. The molecule has 2 nitrogen and oxygen atoms in total. The zero-order chi connectivity index (χ0) is 13.2. The van der Waals surface area contributed by atoms with Gasteiger partial charge in [-0.15, -0.1) is 0 Å². The molecule has 0 N–H and O–H groups in total. The Labute approximate surface area is 82.2 Å². The van der Waals surface area contributed by atoms with E-state index in [1.165, 1.54) is 0 Å². The van der Waals surface area contributed by atoms with Gasteiger partial charge >= 0.3 is 24.6 Å². The number of rotatable bonds is 0. The van der Waals surface area contributed by atoms with Crippen LogP contribution in [-0.2, 0) is 0 Å². The Morgan fingerprint density at radius 3 is 1.31 bits per heavy atom. The Balaban J connectivity index is 3.38. The molecule has 0 radical (unpaired) electrons. The molecule has 0 bridgehead atoms. The predicted octanol–water partition coefficient (Wildman–Crippen LogP) is 2.49. The van der Waals surface area contributed by atoms with Gasteiger partial charge in [-0.05, 0) is 7.05 Å². The average molecular weight is 262 g/mol. The zero-order valence-electron chi connectivity index (χ0n) is 7.30. The zero-order valence-corrected chi connectivity index (χ0v) is 7.30. The summed E-state index contributed by atoms with van der Waals surface area (Å²) in [5, 5.41) is 0. The number of likely N-dealkylation sites (N-methyl/N-ethyl adjacent to an activating group) is 1. The van der Waals surface area contributed by atoms with Crippen molar-refractivity contribution in [3.8, 4) is 0 Å². The van der Waals surface area contributed by atoms with E-state index in [0.29, 0.717) is 0 Å². The Morgan fingerprint density at radius 1 is 0.812 bits per heavy atom. The number of halogens is 9. The fourth-order valence-corrected chi connectivity index (χ4v) is 1.14. The minimum atomic E-state index is -6.30. The average Bonchev–Trinajstić information content (AvgIpc) is 2.05. The van der Waals surface area contributed by atoms with E-state index in [0.717, 1.165) is 0 Å². The summed E-state index contributed by atoms with van der Waals surface area (Å²) in [6, 6.07) is -11.7. The van der Waals surface area contributed by atoms with Crippen molar-refractivity contribution in [2.45, 2.75) is 24.6 Å². The third-order valence-electron chi connectivity index (χ3n) is 1.99. The molecule has 0 aromatic carbocycles. The standard InChI is InChI=1S/C5H3F9N2/c1-15-2(6,7)3(8,9)16(4(10,11)12)5(15,13)14/h1H3. The largest absolute Gasteiger partial charge is 0.470 e. The quantitative estimate of drug-likeness (QED) is 0.489. The Morgan fingerprint density at radius 2 is 1.19 bits per heavy atom. The number of nitrogens with zero attached hydrogens (tertiary/aromatic N) is 2. The minimum Gasteiger partial charge on any atom is -0.179 e. The van der Waals surface area contributed by atoms with Gasteiger partial charge in [0.25, 0.3) is 0 Å². The van der Waals surface area contributed by atoms with Gasteiger partial charge in [-0.2, -0.15) is 44.4 Å². The highest BCUT2D eigenvalue weighted by molar-refractivity contribution is 4.98. The highest BCUT2D eigenvalue weighted by Gasteiger charge is 2.85. The maximum Gasteiger partial charge on any atom is 0.470 e. The van der Waals surface area contributed by atoms with Crippen molar-refractivity contribution < 1.29 is 39.5 Å². The summed E-state index contributed by atoms with van der Waals surface area (Å²) in [6.07, 6.45) is -11.8. The van der Waals surface area contributed by atoms with Crippen LogP contribution in [0.15, 0.2) is 0 Å². The van der Waals surface area contributed by atoms with Gasteiger partial charge in [0.1, 0.15) is 0 Å². The normalized spacial score (nSPS) is 29.6. The first-order valence-corrected chi connectivity index (χ1v) is 3.52. The summed E-state index contributed by atoms with van der Waals surface area (Å²) >= 11 is 0. The number of hydrogen-bond acceptors (Lipinski definition) is 2. The van der Waals surface area contributed by atoms with E-state index in [1.54, 1.807) is 0 Å². The molecule has 1 rings (SSSR count). The molecular weight excluding hydrogens is 259 g/mol. The molecule has 1 aliphatic heterocycles. The lowest BCUT2D eigenvalue weighted by Crippen LogP contribution is -2.56. The van der Waals surface area contributed by atoms with Crippen LogP contribution in [-0.4, -0.2) is 41.4 Å². The first-order valence-electron chi connectivity index (χ1n) is 3.52. The maximum absolute atomic E-state index is 12.7. The summed E-state index contributed by atoms with van der Waals surface area (Å²) in [7, 11) is -0.236. The van der Waals surface area contributed by atoms with Gasteiger partial charge in [-0.1, -0.05) is 4.90 Å². The van der Waals surface area contributed by atoms with Crippen molar-refractivity contribution in [2.75, 3.05) is 7.05 Å². The van der Waals surface area contributed by atoms with Crippen LogP contribution in [0.5, 0.6) is 0 Å². The summed E-state index contributed by atoms with van der Waals surface area (Å²) in [6.45, 7) is 0. The van der Waals surface area contributed by atoms with Gasteiger partial charge in [0.2, 0.25) is 0 Å². The van der Waals surface area contributed by atoms with Crippen molar-refractivity contribution in [1.82, 2.24) is 9.80 Å². The van der Waals surface area contributed by atoms with Crippen LogP contribution in [0.3, 0.4) is 0 Å². The molecule has 96 valence electrons. The Hall–Kier alpha value is -0.710. The van der Waals surface area contributed by atoms with E-state index in [2.05, 4.69) is 0 Å². The summed E-state index contributed by atoms with van der Waals surface area (Å²) < 4.78 is 111. The van der Waals surface area contributed by atoms with Gasteiger partial charge in [-0.25, -0.2) is 0 Å². The van der Waals surface area contributed by atoms with Crippen molar-refractivity contribution in [2.24, 2.45) is 0 Å². The molecule has 1 aliphatic rings. The molecule has 1 heterocycles. The highest BCUT2D eigenvalue weighted by atomic mass is 19.4. The molecule has 0 spiro atoms.